The lowest BCUT2D eigenvalue weighted by Crippen LogP contribution is -2.02. The van der Waals surface area contributed by atoms with Gasteiger partial charge in [-0.3, -0.25) is 4.79 Å². The highest BCUT2D eigenvalue weighted by Gasteiger charge is 2.06. The standard InChI is InChI=1S/C18H16BrNO/c19-16-9-7-15(8-10-16)18(21)6-3-12-20-13-11-14-4-1-2-5-17(14)20/h1-2,4-5,7-11,13H,3,6,12H2. The number of aromatic nitrogens is 1. The molecule has 1 aromatic heterocycles. The van der Waals surface area contributed by atoms with Crippen molar-refractivity contribution in [2.24, 2.45) is 0 Å². The van der Waals surface area contributed by atoms with Gasteiger partial charge in [0, 0.05) is 34.7 Å². The largest absolute Gasteiger partial charge is 0.347 e. The number of nitrogens with zero attached hydrogens (tertiary/aromatic N) is 1. The van der Waals surface area contributed by atoms with Gasteiger partial charge >= 0.3 is 0 Å². The molecule has 2 aromatic carbocycles. The molecule has 0 radical (unpaired) electrons. The number of aryl methyl sites for hydroxylation is 1. The molecule has 0 N–H and O–H groups in total. The molecular formula is C18H16BrNO. The summed E-state index contributed by atoms with van der Waals surface area (Å²) in [5.41, 5.74) is 2.02. The maximum Gasteiger partial charge on any atom is 0.162 e. The SMILES string of the molecule is O=C(CCCn1ccc2ccccc21)c1ccc(Br)cc1. The Morgan fingerprint density at radius 3 is 2.57 bits per heavy atom. The van der Waals surface area contributed by atoms with E-state index in [4.69, 9.17) is 0 Å². The quantitative estimate of drug-likeness (QED) is 0.594. The van der Waals surface area contributed by atoms with E-state index in [0.29, 0.717) is 6.42 Å². The molecule has 0 atom stereocenters. The maximum atomic E-state index is 12.1. The van der Waals surface area contributed by atoms with E-state index in [0.717, 1.165) is 23.0 Å². The molecule has 0 aliphatic rings. The lowest BCUT2D eigenvalue weighted by molar-refractivity contribution is 0.0978. The number of ketones is 1. The minimum atomic E-state index is 0.207. The molecule has 106 valence electrons. The van der Waals surface area contributed by atoms with Crippen molar-refractivity contribution in [1.29, 1.82) is 0 Å². The van der Waals surface area contributed by atoms with E-state index < -0.39 is 0 Å². The first-order chi connectivity index (χ1) is 10.2. The highest BCUT2D eigenvalue weighted by molar-refractivity contribution is 9.10. The van der Waals surface area contributed by atoms with Crippen molar-refractivity contribution in [3.8, 4) is 0 Å². The van der Waals surface area contributed by atoms with Crippen LogP contribution in [0.15, 0.2) is 65.3 Å². The molecule has 0 spiro atoms. The van der Waals surface area contributed by atoms with Crippen LogP contribution in [0.1, 0.15) is 23.2 Å². The third-order valence-corrected chi connectivity index (χ3v) is 4.18. The summed E-state index contributed by atoms with van der Waals surface area (Å²) in [4.78, 5) is 12.1. The fourth-order valence-electron chi connectivity index (χ4n) is 2.53. The number of carbonyl (C=O) groups excluding carboxylic acids is 1. The first-order valence-corrected chi connectivity index (χ1v) is 7.86. The van der Waals surface area contributed by atoms with Crippen LogP contribution in [0.5, 0.6) is 0 Å². The van der Waals surface area contributed by atoms with Crippen molar-refractivity contribution < 1.29 is 4.79 Å². The van der Waals surface area contributed by atoms with Crippen LogP contribution in [0.3, 0.4) is 0 Å². The molecule has 0 aliphatic heterocycles. The van der Waals surface area contributed by atoms with Crippen molar-refractivity contribution in [2.75, 3.05) is 0 Å². The number of halogens is 1. The van der Waals surface area contributed by atoms with Crippen LogP contribution in [-0.4, -0.2) is 10.4 Å². The molecule has 0 saturated carbocycles. The predicted octanol–water partition coefficient (Wildman–Crippen LogP) is 5.07. The van der Waals surface area contributed by atoms with E-state index in [9.17, 15) is 4.79 Å². The van der Waals surface area contributed by atoms with E-state index in [1.807, 2.05) is 36.4 Å². The Kier molecular flexibility index (Phi) is 4.20. The van der Waals surface area contributed by atoms with Gasteiger partial charge in [0.25, 0.3) is 0 Å². The average molecular weight is 342 g/mol. The molecule has 0 fully saturated rings. The molecule has 3 aromatic rings. The summed E-state index contributed by atoms with van der Waals surface area (Å²) in [6, 6.07) is 18.0. The van der Waals surface area contributed by atoms with Gasteiger partial charge in [0.2, 0.25) is 0 Å². The number of benzene rings is 2. The summed E-state index contributed by atoms with van der Waals surface area (Å²) in [7, 11) is 0. The number of hydrogen-bond acceptors (Lipinski definition) is 1. The average Bonchev–Trinajstić information content (AvgIpc) is 2.91. The molecule has 0 saturated heterocycles. The van der Waals surface area contributed by atoms with Crippen molar-refractivity contribution >= 4 is 32.6 Å². The third-order valence-electron chi connectivity index (χ3n) is 3.65. The van der Waals surface area contributed by atoms with Crippen LogP contribution in [0.4, 0.5) is 0 Å². The number of hydrogen-bond donors (Lipinski definition) is 0. The van der Waals surface area contributed by atoms with E-state index in [1.165, 1.54) is 10.9 Å². The van der Waals surface area contributed by atoms with Crippen LogP contribution < -0.4 is 0 Å². The number of fused-ring (bicyclic) bond motifs is 1. The topological polar surface area (TPSA) is 22.0 Å². The number of carbonyl (C=O) groups is 1. The lowest BCUT2D eigenvalue weighted by atomic mass is 10.1. The van der Waals surface area contributed by atoms with Crippen LogP contribution in [-0.2, 0) is 6.54 Å². The van der Waals surface area contributed by atoms with Crippen LogP contribution in [0, 0.1) is 0 Å². The van der Waals surface area contributed by atoms with Crippen molar-refractivity contribution in [3.05, 3.63) is 70.8 Å². The molecule has 3 heteroatoms. The van der Waals surface area contributed by atoms with Crippen LogP contribution >= 0.6 is 15.9 Å². The van der Waals surface area contributed by atoms with E-state index >= 15 is 0 Å². The third kappa shape index (κ3) is 3.24. The summed E-state index contributed by atoms with van der Waals surface area (Å²) in [6.07, 6.45) is 3.52. The minimum Gasteiger partial charge on any atom is -0.347 e. The van der Waals surface area contributed by atoms with Gasteiger partial charge in [-0.25, -0.2) is 0 Å². The van der Waals surface area contributed by atoms with Crippen LogP contribution in [0.2, 0.25) is 0 Å². The molecular weight excluding hydrogens is 326 g/mol. The minimum absolute atomic E-state index is 0.207. The first kappa shape index (κ1) is 14.1. The fraction of sp³-hybridized carbons (Fsp3) is 0.167. The van der Waals surface area contributed by atoms with Crippen LogP contribution in [0.25, 0.3) is 10.9 Å². The number of rotatable bonds is 5. The first-order valence-electron chi connectivity index (χ1n) is 7.07. The molecule has 0 aliphatic carbocycles. The maximum absolute atomic E-state index is 12.1. The Bertz CT molecular complexity index is 758. The Balaban J connectivity index is 1.61. The highest BCUT2D eigenvalue weighted by atomic mass is 79.9. The van der Waals surface area contributed by atoms with Gasteiger partial charge in [-0.05, 0) is 36.1 Å². The Labute approximate surface area is 132 Å². The number of Topliss-reactive ketones (excluding diaryl/α,β-unsaturated/α-hetero) is 1. The second-order valence-corrected chi connectivity index (χ2v) is 6.02. The molecule has 3 rings (SSSR count). The van der Waals surface area contributed by atoms with E-state index in [2.05, 4.69) is 44.9 Å². The van der Waals surface area contributed by atoms with Gasteiger partial charge in [0.1, 0.15) is 0 Å². The van der Waals surface area contributed by atoms with Crippen molar-refractivity contribution in [2.45, 2.75) is 19.4 Å². The monoisotopic (exact) mass is 341 g/mol. The Morgan fingerprint density at radius 2 is 1.76 bits per heavy atom. The van der Waals surface area contributed by atoms with Crippen molar-refractivity contribution in [1.82, 2.24) is 4.57 Å². The summed E-state index contributed by atoms with van der Waals surface area (Å²) in [5.74, 6) is 0.207. The fourth-order valence-corrected chi connectivity index (χ4v) is 2.79. The zero-order chi connectivity index (χ0) is 14.7. The number of para-hydroxylation sites is 1. The van der Waals surface area contributed by atoms with Gasteiger partial charge in [-0.15, -0.1) is 0 Å². The summed E-state index contributed by atoms with van der Waals surface area (Å²) >= 11 is 3.38. The van der Waals surface area contributed by atoms with Gasteiger partial charge in [0.15, 0.2) is 5.78 Å². The molecule has 0 amide bonds. The predicted molar refractivity (Wildman–Crippen MR) is 89.6 cm³/mol. The molecule has 0 unspecified atom stereocenters. The molecule has 1 heterocycles. The van der Waals surface area contributed by atoms with Crippen molar-refractivity contribution in [3.63, 3.8) is 0 Å². The Morgan fingerprint density at radius 1 is 1.00 bits per heavy atom. The van der Waals surface area contributed by atoms with E-state index in [1.54, 1.807) is 0 Å². The molecule has 21 heavy (non-hydrogen) atoms. The van der Waals surface area contributed by atoms with Gasteiger partial charge < -0.3 is 4.57 Å². The van der Waals surface area contributed by atoms with E-state index in [-0.39, 0.29) is 5.78 Å². The summed E-state index contributed by atoms with van der Waals surface area (Å²) < 4.78 is 3.21. The summed E-state index contributed by atoms with van der Waals surface area (Å²) in [5, 5.41) is 1.25. The van der Waals surface area contributed by atoms with Gasteiger partial charge in [0.05, 0.1) is 0 Å². The molecule has 0 bridgehead atoms. The smallest absolute Gasteiger partial charge is 0.162 e. The molecule has 2 nitrogen and oxygen atoms in total. The normalized spacial score (nSPS) is 10.9. The summed E-state index contributed by atoms with van der Waals surface area (Å²) in [6.45, 7) is 0.871. The second kappa shape index (κ2) is 6.27. The zero-order valence-electron chi connectivity index (χ0n) is 11.6. The second-order valence-electron chi connectivity index (χ2n) is 5.10. The zero-order valence-corrected chi connectivity index (χ0v) is 13.2. The van der Waals surface area contributed by atoms with Gasteiger partial charge in [-0.1, -0.05) is 46.3 Å². The Hall–Kier alpha value is -1.87. The lowest BCUT2D eigenvalue weighted by Gasteiger charge is -2.05. The van der Waals surface area contributed by atoms with Gasteiger partial charge in [-0.2, -0.15) is 0 Å². The highest BCUT2D eigenvalue weighted by Crippen LogP contribution is 2.17.